The number of rotatable bonds is 6. The number of hydrogen-bond acceptors (Lipinski definition) is 4. The van der Waals surface area contributed by atoms with Gasteiger partial charge in [0.15, 0.2) is 6.61 Å². The van der Waals surface area contributed by atoms with Crippen LogP contribution in [-0.2, 0) is 4.79 Å². The number of hydrazone groups is 1. The molecular formula is C23H18ClFN4O2. The zero-order valence-electron chi connectivity index (χ0n) is 16.5. The smallest absolute Gasteiger partial charge is 0.277 e. The number of amides is 1. The molecule has 0 fully saturated rings. The molecule has 0 aliphatic rings. The molecule has 0 aliphatic heterocycles. The molecule has 0 spiro atoms. The maximum atomic E-state index is 13.1. The third-order valence-electron chi connectivity index (χ3n) is 4.59. The molecule has 6 nitrogen and oxygen atoms in total. The summed E-state index contributed by atoms with van der Waals surface area (Å²) >= 11 is 6.39. The van der Waals surface area contributed by atoms with Gasteiger partial charge in [-0.25, -0.2) is 14.5 Å². The van der Waals surface area contributed by atoms with Gasteiger partial charge >= 0.3 is 0 Å². The number of fused-ring (bicyclic) bond motifs is 1. The first-order valence-corrected chi connectivity index (χ1v) is 9.83. The molecule has 1 heterocycles. The number of ether oxygens (including phenoxy) is 1. The molecule has 0 saturated carbocycles. The average molecular weight is 437 g/mol. The first-order valence-electron chi connectivity index (χ1n) is 9.46. The Kier molecular flexibility index (Phi) is 5.95. The summed E-state index contributed by atoms with van der Waals surface area (Å²) < 4.78 is 20.1. The van der Waals surface area contributed by atoms with E-state index in [9.17, 15) is 9.18 Å². The second kappa shape index (κ2) is 8.97. The topological polar surface area (TPSA) is 68.5 Å². The second-order valence-electron chi connectivity index (χ2n) is 6.77. The van der Waals surface area contributed by atoms with Crippen LogP contribution in [0.4, 0.5) is 4.39 Å². The zero-order chi connectivity index (χ0) is 21.8. The van der Waals surface area contributed by atoms with Gasteiger partial charge in [-0.1, -0.05) is 41.9 Å². The SMILES string of the molecule is Cc1nn(-c2ccc(F)cc2)c(Cl)c1/C=N/NC(=O)COc1ccc2ccccc2c1. The van der Waals surface area contributed by atoms with E-state index in [0.29, 0.717) is 27.8 Å². The van der Waals surface area contributed by atoms with E-state index >= 15 is 0 Å². The van der Waals surface area contributed by atoms with Crippen molar-refractivity contribution in [1.29, 1.82) is 0 Å². The fraction of sp³-hybridized carbons (Fsp3) is 0.0870. The van der Waals surface area contributed by atoms with Crippen molar-refractivity contribution in [1.82, 2.24) is 15.2 Å². The fourth-order valence-corrected chi connectivity index (χ4v) is 3.34. The van der Waals surface area contributed by atoms with Crippen molar-refractivity contribution in [3.63, 3.8) is 0 Å². The van der Waals surface area contributed by atoms with Crippen LogP contribution in [0.15, 0.2) is 71.8 Å². The van der Waals surface area contributed by atoms with Gasteiger partial charge in [-0.3, -0.25) is 4.79 Å². The molecule has 0 saturated heterocycles. The van der Waals surface area contributed by atoms with Gasteiger partial charge in [-0.05, 0) is 54.1 Å². The highest BCUT2D eigenvalue weighted by molar-refractivity contribution is 6.32. The van der Waals surface area contributed by atoms with E-state index in [0.717, 1.165) is 10.8 Å². The van der Waals surface area contributed by atoms with Crippen LogP contribution in [0.2, 0.25) is 5.15 Å². The summed E-state index contributed by atoms with van der Waals surface area (Å²) in [5, 5.41) is 10.7. The van der Waals surface area contributed by atoms with Crippen LogP contribution in [0.1, 0.15) is 11.3 Å². The summed E-state index contributed by atoms with van der Waals surface area (Å²) in [4.78, 5) is 12.1. The Morgan fingerprint density at radius 1 is 1.16 bits per heavy atom. The number of nitrogens with one attached hydrogen (secondary N) is 1. The lowest BCUT2D eigenvalue weighted by atomic mass is 10.1. The summed E-state index contributed by atoms with van der Waals surface area (Å²) in [5.74, 6) is -0.166. The van der Waals surface area contributed by atoms with Crippen molar-refractivity contribution in [2.75, 3.05) is 6.61 Å². The Hall–Kier alpha value is -3.71. The minimum absolute atomic E-state index is 0.183. The number of aromatic nitrogens is 2. The Morgan fingerprint density at radius 2 is 1.90 bits per heavy atom. The van der Waals surface area contributed by atoms with Gasteiger partial charge in [0.05, 0.1) is 23.2 Å². The first kappa shape index (κ1) is 20.6. The number of benzene rings is 3. The Balaban J connectivity index is 1.37. The molecule has 1 aromatic heterocycles. The van der Waals surface area contributed by atoms with Gasteiger partial charge < -0.3 is 4.74 Å². The van der Waals surface area contributed by atoms with E-state index in [2.05, 4.69) is 15.6 Å². The lowest BCUT2D eigenvalue weighted by Gasteiger charge is -2.06. The third kappa shape index (κ3) is 4.73. The second-order valence-corrected chi connectivity index (χ2v) is 7.13. The largest absolute Gasteiger partial charge is 0.484 e. The minimum Gasteiger partial charge on any atom is -0.484 e. The highest BCUT2D eigenvalue weighted by Crippen LogP contribution is 2.22. The van der Waals surface area contributed by atoms with E-state index in [1.807, 2.05) is 42.5 Å². The van der Waals surface area contributed by atoms with Crippen LogP contribution in [0.5, 0.6) is 5.75 Å². The maximum absolute atomic E-state index is 13.1. The Morgan fingerprint density at radius 3 is 2.68 bits per heavy atom. The van der Waals surface area contributed by atoms with Gasteiger partial charge in [0.25, 0.3) is 5.91 Å². The molecule has 0 aliphatic carbocycles. The number of carbonyl (C=O) groups excluding carboxylic acids is 1. The van der Waals surface area contributed by atoms with E-state index in [1.54, 1.807) is 19.1 Å². The molecule has 3 aromatic carbocycles. The molecule has 0 atom stereocenters. The highest BCUT2D eigenvalue weighted by atomic mass is 35.5. The van der Waals surface area contributed by atoms with Gasteiger partial charge in [-0.15, -0.1) is 0 Å². The van der Waals surface area contributed by atoms with Crippen molar-refractivity contribution in [2.24, 2.45) is 5.10 Å². The molecular weight excluding hydrogens is 419 g/mol. The number of aryl methyl sites for hydroxylation is 1. The van der Waals surface area contributed by atoms with Crippen LogP contribution < -0.4 is 10.2 Å². The summed E-state index contributed by atoms with van der Waals surface area (Å²) in [7, 11) is 0. The first-order chi connectivity index (χ1) is 15.0. The van der Waals surface area contributed by atoms with Gasteiger partial charge in [-0.2, -0.15) is 10.2 Å². The molecule has 31 heavy (non-hydrogen) atoms. The van der Waals surface area contributed by atoms with Crippen molar-refractivity contribution < 1.29 is 13.9 Å². The van der Waals surface area contributed by atoms with Crippen molar-refractivity contribution in [2.45, 2.75) is 6.92 Å². The molecule has 0 radical (unpaired) electrons. The Bertz CT molecular complexity index is 1270. The van der Waals surface area contributed by atoms with Crippen LogP contribution in [0.3, 0.4) is 0 Å². The van der Waals surface area contributed by atoms with Gasteiger partial charge in [0.1, 0.15) is 16.7 Å². The van der Waals surface area contributed by atoms with Gasteiger partial charge in [0.2, 0.25) is 0 Å². The molecule has 1 amide bonds. The Labute approximate surface area is 182 Å². The average Bonchev–Trinajstić information content (AvgIpc) is 3.06. The van der Waals surface area contributed by atoms with Crippen molar-refractivity contribution in [3.05, 3.63) is 89.0 Å². The van der Waals surface area contributed by atoms with Crippen LogP contribution in [0, 0.1) is 12.7 Å². The number of nitrogens with zero attached hydrogens (tertiary/aromatic N) is 3. The lowest BCUT2D eigenvalue weighted by molar-refractivity contribution is -0.123. The van der Waals surface area contributed by atoms with E-state index < -0.39 is 5.91 Å². The molecule has 4 aromatic rings. The number of halogens is 2. The van der Waals surface area contributed by atoms with Crippen LogP contribution in [0.25, 0.3) is 16.5 Å². The minimum atomic E-state index is -0.413. The predicted molar refractivity (Wildman–Crippen MR) is 118 cm³/mol. The molecule has 4 rings (SSSR count). The van der Waals surface area contributed by atoms with E-state index in [1.165, 1.54) is 23.0 Å². The highest BCUT2D eigenvalue weighted by Gasteiger charge is 2.13. The lowest BCUT2D eigenvalue weighted by Crippen LogP contribution is -2.24. The fourth-order valence-electron chi connectivity index (χ4n) is 3.02. The molecule has 8 heteroatoms. The molecule has 0 bridgehead atoms. The normalized spacial score (nSPS) is 11.2. The van der Waals surface area contributed by atoms with E-state index in [4.69, 9.17) is 16.3 Å². The number of hydrogen-bond donors (Lipinski definition) is 1. The summed E-state index contributed by atoms with van der Waals surface area (Å²) in [6.45, 7) is 1.58. The predicted octanol–water partition coefficient (Wildman–Crippen LogP) is 4.66. The standard InChI is InChI=1S/C23H18ClFN4O2/c1-15-21(23(24)29(28-15)19-9-7-18(25)8-10-19)13-26-27-22(30)14-31-20-11-6-16-4-2-3-5-17(16)12-20/h2-13H,14H2,1H3,(H,27,30)/b26-13+. The summed E-state index contributed by atoms with van der Waals surface area (Å²) in [5.41, 5.74) is 4.18. The van der Waals surface area contributed by atoms with Gasteiger partial charge in [0, 0.05) is 0 Å². The van der Waals surface area contributed by atoms with Crippen molar-refractivity contribution in [3.8, 4) is 11.4 Å². The monoisotopic (exact) mass is 436 g/mol. The summed E-state index contributed by atoms with van der Waals surface area (Å²) in [6.07, 6.45) is 1.42. The molecule has 1 N–H and O–H groups in total. The van der Waals surface area contributed by atoms with Crippen LogP contribution in [-0.4, -0.2) is 28.5 Å². The summed E-state index contributed by atoms with van der Waals surface area (Å²) in [6, 6.07) is 19.3. The van der Waals surface area contributed by atoms with Crippen LogP contribution >= 0.6 is 11.6 Å². The zero-order valence-corrected chi connectivity index (χ0v) is 17.3. The van der Waals surface area contributed by atoms with Crippen molar-refractivity contribution >= 4 is 34.5 Å². The third-order valence-corrected chi connectivity index (χ3v) is 4.96. The van der Waals surface area contributed by atoms with E-state index in [-0.39, 0.29) is 12.4 Å². The number of carbonyl (C=O) groups is 1. The molecule has 156 valence electrons. The molecule has 0 unspecified atom stereocenters. The quantitative estimate of drug-likeness (QED) is 0.353. The maximum Gasteiger partial charge on any atom is 0.277 e.